The van der Waals surface area contributed by atoms with Crippen LogP contribution < -0.4 is 5.32 Å². The Labute approximate surface area is 114 Å². The van der Waals surface area contributed by atoms with E-state index in [2.05, 4.69) is 34.6 Å². The molecular weight excluding hydrogens is 244 g/mol. The minimum Gasteiger partial charge on any atom is -0.317 e. The van der Waals surface area contributed by atoms with Crippen LogP contribution in [0.2, 0.25) is 0 Å². The fourth-order valence-electron chi connectivity index (χ4n) is 2.74. The van der Waals surface area contributed by atoms with Gasteiger partial charge in [0.15, 0.2) is 0 Å². The minimum absolute atomic E-state index is 0. The van der Waals surface area contributed by atoms with Gasteiger partial charge in [-0.3, -0.25) is 4.98 Å². The summed E-state index contributed by atoms with van der Waals surface area (Å²) >= 11 is 0. The molecule has 1 aromatic carbocycles. The monoisotopic (exact) mass is 262 g/mol. The first-order valence-corrected chi connectivity index (χ1v) is 6.47. The third kappa shape index (κ3) is 2.82. The smallest absolute Gasteiger partial charge is 0.0704 e. The third-order valence-electron chi connectivity index (χ3n) is 3.70. The lowest BCUT2D eigenvalue weighted by Gasteiger charge is -2.23. The number of hydrogen-bond acceptors (Lipinski definition) is 2. The molecule has 1 aromatic heterocycles. The van der Waals surface area contributed by atoms with Gasteiger partial charge in [-0.15, -0.1) is 12.4 Å². The van der Waals surface area contributed by atoms with Crippen LogP contribution in [0.15, 0.2) is 36.5 Å². The van der Waals surface area contributed by atoms with E-state index in [1.807, 2.05) is 12.3 Å². The van der Waals surface area contributed by atoms with E-state index in [0.29, 0.717) is 0 Å². The molecule has 96 valence electrons. The van der Waals surface area contributed by atoms with E-state index >= 15 is 0 Å². The van der Waals surface area contributed by atoms with Crippen molar-refractivity contribution in [2.75, 3.05) is 13.1 Å². The zero-order valence-corrected chi connectivity index (χ0v) is 11.2. The molecule has 2 heterocycles. The van der Waals surface area contributed by atoms with E-state index in [-0.39, 0.29) is 12.4 Å². The van der Waals surface area contributed by atoms with Crippen LogP contribution in [0, 0.1) is 5.92 Å². The maximum atomic E-state index is 4.42. The van der Waals surface area contributed by atoms with Crippen LogP contribution in [0.4, 0.5) is 0 Å². The van der Waals surface area contributed by atoms with Crippen LogP contribution in [0.25, 0.3) is 10.9 Å². The molecule has 0 aliphatic carbocycles. The van der Waals surface area contributed by atoms with E-state index in [9.17, 15) is 0 Å². The molecule has 3 rings (SSSR count). The number of halogens is 1. The topological polar surface area (TPSA) is 24.9 Å². The van der Waals surface area contributed by atoms with Crippen LogP contribution in [0.1, 0.15) is 18.4 Å². The van der Waals surface area contributed by atoms with Gasteiger partial charge in [-0.1, -0.05) is 18.2 Å². The van der Waals surface area contributed by atoms with Crippen molar-refractivity contribution in [3.8, 4) is 0 Å². The number of pyridine rings is 1. The number of benzene rings is 1. The Morgan fingerprint density at radius 2 is 1.94 bits per heavy atom. The lowest BCUT2D eigenvalue weighted by molar-refractivity contribution is 0.373. The molecule has 1 N–H and O–H groups in total. The van der Waals surface area contributed by atoms with Crippen molar-refractivity contribution in [1.29, 1.82) is 0 Å². The Hall–Kier alpha value is -1.12. The highest BCUT2D eigenvalue weighted by molar-refractivity contribution is 5.85. The summed E-state index contributed by atoms with van der Waals surface area (Å²) in [7, 11) is 0. The van der Waals surface area contributed by atoms with Crippen molar-refractivity contribution < 1.29 is 0 Å². The second-order valence-corrected chi connectivity index (χ2v) is 4.88. The van der Waals surface area contributed by atoms with Gasteiger partial charge in [-0.25, -0.2) is 0 Å². The molecular formula is C15H19ClN2. The molecule has 18 heavy (non-hydrogen) atoms. The lowest BCUT2D eigenvalue weighted by Crippen LogP contribution is -2.28. The molecule has 1 aliphatic heterocycles. The summed E-state index contributed by atoms with van der Waals surface area (Å²) < 4.78 is 0. The van der Waals surface area contributed by atoms with Gasteiger partial charge in [0.2, 0.25) is 0 Å². The van der Waals surface area contributed by atoms with Gasteiger partial charge in [0.25, 0.3) is 0 Å². The maximum absolute atomic E-state index is 4.42. The molecule has 2 nitrogen and oxygen atoms in total. The number of fused-ring (bicyclic) bond motifs is 1. The molecule has 1 aliphatic rings. The highest BCUT2D eigenvalue weighted by Gasteiger charge is 2.14. The first kappa shape index (κ1) is 13.3. The molecule has 0 saturated carbocycles. The van der Waals surface area contributed by atoms with Crippen molar-refractivity contribution in [2.24, 2.45) is 5.92 Å². The molecule has 0 bridgehead atoms. The Morgan fingerprint density at radius 3 is 2.78 bits per heavy atom. The summed E-state index contributed by atoms with van der Waals surface area (Å²) in [5, 5.41) is 4.75. The van der Waals surface area contributed by atoms with E-state index in [0.717, 1.165) is 11.4 Å². The average Bonchev–Trinajstić information content (AvgIpc) is 2.40. The van der Waals surface area contributed by atoms with Crippen LogP contribution in [0.5, 0.6) is 0 Å². The third-order valence-corrected chi connectivity index (χ3v) is 3.70. The summed E-state index contributed by atoms with van der Waals surface area (Å²) in [5.74, 6) is 0.835. The van der Waals surface area contributed by atoms with Crippen LogP contribution in [0.3, 0.4) is 0 Å². The SMILES string of the molecule is Cl.c1cc(CC2CCNCC2)c2cccnc2c1. The van der Waals surface area contributed by atoms with Crippen molar-refractivity contribution in [3.63, 3.8) is 0 Å². The largest absolute Gasteiger partial charge is 0.317 e. The molecule has 2 aromatic rings. The lowest BCUT2D eigenvalue weighted by atomic mass is 9.89. The van der Waals surface area contributed by atoms with Crippen LogP contribution in [-0.2, 0) is 6.42 Å². The molecule has 0 spiro atoms. The Bertz CT molecular complexity index is 501. The van der Waals surface area contributed by atoms with E-state index in [1.165, 1.54) is 43.3 Å². The number of piperidine rings is 1. The zero-order valence-electron chi connectivity index (χ0n) is 10.4. The number of hydrogen-bond donors (Lipinski definition) is 1. The highest BCUT2D eigenvalue weighted by atomic mass is 35.5. The Morgan fingerprint density at radius 1 is 1.11 bits per heavy atom. The number of rotatable bonds is 2. The molecule has 1 fully saturated rings. The number of aromatic nitrogens is 1. The van der Waals surface area contributed by atoms with Crippen LogP contribution >= 0.6 is 12.4 Å². The predicted octanol–water partition coefficient (Wildman–Crippen LogP) is 3.20. The fourth-order valence-corrected chi connectivity index (χ4v) is 2.74. The molecule has 0 amide bonds. The van der Waals surface area contributed by atoms with E-state index < -0.39 is 0 Å². The minimum atomic E-state index is 0. The predicted molar refractivity (Wildman–Crippen MR) is 78.3 cm³/mol. The second kappa shape index (κ2) is 6.17. The van der Waals surface area contributed by atoms with E-state index in [1.54, 1.807) is 0 Å². The van der Waals surface area contributed by atoms with Crippen molar-refractivity contribution in [1.82, 2.24) is 10.3 Å². The molecule has 1 saturated heterocycles. The molecule has 0 atom stereocenters. The number of nitrogens with zero attached hydrogens (tertiary/aromatic N) is 1. The summed E-state index contributed by atoms with van der Waals surface area (Å²) in [6.07, 6.45) is 5.68. The molecule has 0 unspecified atom stereocenters. The van der Waals surface area contributed by atoms with Gasteiger partial charge < -0.3 is 5.32 Å². The van der Waals surface area contributed by atoms with Crippen molar-refractivity contribution in [3.05, 3.63) is 42.1 Å². The van der Waals surface area contributed by atoms with Crippen LogP contribution in [-0.4, -0.2) is 18.1 Å². The summed E-state index contributed by atoms with van der Waals surface area (Å²) in [6.45, 7) is 2.35. The summed E-state index contributed by atoms with van der Waals surface area (Å²) in [5.41, 5.74) is 2.58. The van der Waals surface area contributed by atoms with Crippen molar-refractivity contribution >= 4 is 23.3 Å². The normalized spacial score (nSPS) is 16.4. The molecule has 0 radical (unpaired) electrons. The summed E-state index contributed by atoms with van der Waals surface area (Å²) in [6, 6.07) is 10.7. The number of nitrogens with one attached hydrogen (secondary N) is 1. The Kier molecular flexibility index (Phi) is 4.56. The van der Waals surface area contributed by atoms with Gasteiger partial charge in [-0.2, -0.15) is 0 Å². The average molecular weight is 263 g/mol. The quantitative estimate of drug-likeness (QED) is 0.899. The standard InChI is InChI=1S/C15H18N2.ClH/c1-3-13(11-12-6-9-16-10-7-12)14-4-2-8-17-15(14)5-1;/h1-5,8,12,16H,6-7,9-11H2;1H. The van der Waals surface area contributed by atoms with E-state index in [4.69, 9.17) is 0 Å². The van der Waals surface area contributed by atoms with Gasteiger partial charge in [0, 0.05) is 11.6 Å². The first-order chi connectivity index (χ1) is 8.43. The zero-order chi connectivity index (χ0) is 11.5. The van der Waals surface area contributed by atoms with Gasteiger partial charge in [-0.05, 0) is 56.0 Å². The van der Waals surface area contributed by atoms with Gasteiger partial charge >= 0.3 is 0 Å². The first-order valence-electron chi connectivity index (χ1n) is 6.47. The summed E-state index contributed by atoms with van der Waals surface area (Å²) in [4.78, 5) is 4.42. The fraction of sp³-hybridized carbons (Fsp3) is 0.400. The molecule has 3 heteroatoms. The van der Waals surface area contributed by atoms with Gasteiger partial charge in [0.05, 0.1) is 5.52 Å². The van der Waals surface area contributed by atoms with Crippen molar-refractivity contribution in [2.45, 2.75) is 19.3 Å². The second-order valence-electron chi connectivity index (χ2n) is 4.88. The highest BCUT2D eigenvalue weighted by Crippen LogP contribution is 2.23. The Balaban J connectivity index is 0.00000120. The maximum Gasteiger partial charge on any atom is 0.0704 e. The van der Waals surface area contributed by atoms with Gasteiger partial charge in [0.1, 0.15) is 0 Å².